The van der Waals surface area contributed by atoms with Gasteiger partial charge in [0.05, 0.1) is 4.90 Å². The molecule has 0 bridgehead atoms. The maximum Gasteiger partial charge on any atom is 0.294 e. The summed E-state index contributed by atoms with van der Waals surface area (Å²) < 4.78 is 43.9. The van der Waals surface area contributed by atoms with E-state index < -0.39 is 15.9 Å². The van der Waals surface area contributed by atoms with Crippen molar-refractivity contribution in [1.82, 2.24) is 0 Å². The lowest BCUT2D eigenvalue weighted by Gasteiger charge is -2.06. The summed E-state index contributed by atoms with van der Waals surface area (Å²) in [5.74, 6) is -0.797. The zero-order valence-corrected chi connectivity index (χ0v) is 11.3. The third kappa shape index (κ3) is 2.92. The molecular weight excluding hydrogens is 283 g/mol. The lowest BCUT2D eigenvalue weighted by atomic mass is 10.0. The van der Waals surface area contributed by atoms with E-state index >= 15 is 0 Å². The topological polar surface area (TPSA) is 71.4 Å². The first kappa shape index (κ1) is 14.4. The second-order valence-corrected chi connectivity index (χ2v) is 5.68. The Bertz CT molecular complexity index is 764. The largest absolute Gasteiger partial charge is 0.294 e. The minimum Gasteiger partial charge on any atom is -0.289 e. The molecule has 2 aromatic carbocycles. The predicted molar refractivity (Wildman–Crippen MR) is 70.8 cm³/mol. The van der Waals surface area contributed by atoms with E-state index in [1.807, 2.05) is 0 Å². The normalized spacial score (nSPS) is 11.3. The molecule has 0 radical (unpaired) electrons. The van der Waals surface area contributed by atoms with Crippen molar-refractivity contribution in [2.24, 2.45) is 0 Å². The highest BCUT2D eigenvalue weighted by Crippen LogP contribution is 2.18. The third-order valence-corrected chi connectivity index (χ3v) is 3.84. The molecule has 104 valence electrons. The number of benzene rings is 2. The molecule has 6 heteroatoms. The van der Waals surface area contributed by atoms with Crippen molar-refractivity contribution in [3.8, 4) is 0 Å². The fraction of sp³-hybridized carbons (Fsp3) is 0.0714. The van der Waals surface area contributed by atoms with Gasteiger partial charge in [0.15, 0.2) is 5.78 Å². The molecule has 0 spiro atoms. The van der Waals surface area contributed by atoms with Gasteiger partial charge in [-0.3, -0.25) is 9.35 Å². The van der Waals surface area contributed by atoms with E-state index in [-0.39, 0.29) is 21.8 Å². The van der Waals surface area contributed by atoms with E-state index in [1.54, 1.807) is 0 Å². The Hall–Kier alpha value is -2.05. The van der Waals surface area contributed by atoms with Gasteiger partial charge in [-0.1, -0.05) is 0 Å². The quantitative estimate of drug-likeness (QED) is 0.697. The molecule has 0 heterocycles. The van der Waals surface area contributed by atoms with Crippen molar-refractivity contribution in [2.75, 3.05) is 0 Å². The van der Waals surface area contributed by atoms with Crippen molar-refractivity contribution in [3.05, 3.63) is 65.0 Å². The number of rotatable bonds is 3. The van der Waals surface area contributed by atoms with Gasteiger partial charge in [-0.05, 0) is 55.0 Å². The summed E-state index contributed by atoms with van der Waals surface area (Å²) in [4.78, 5) is 11.9. The van der Waals surface area contributed by atoms with Gasteiger partial charge in [-0.25, -0.2) is 4.39 Å². The predicted octanol–water partition coefficient (Wildman–Crippen LogP) is 2.61. The van der Waals surface area contributed by atoms with E-state index in [0.29, 0.717) is 5.56 Å². The summed E-state index contributed by atoms with van der Waals surface area (Å²) in [6.45, 7) is 1.48. The minimum atomic E-state index is -4.31. The van der Waals surface area contributed by atoms with E-state index in [1.165, 1.54) is 49.4 Å². The molecule has 0 saturated carbocycles. The standard InChI is InChI=1S/C14H11FO4S/c1-9-8-11(4-7-13(9)20(17,18)19)14(16)10-2-5-12(15)6-3-10/h2-8H,1H3,(H,17,18,19). The van der Waals surface area contributed by atoms with Crippen LogP contribution in [0.4, 0.5) is 4.39 Å². The Balaban J connectivity index is 2.42. The zero-order chi connectivity index (χ0) is 14.9. The minimum absolute atomic E-state index is 0.242. The average Bonchev–Trinajstić information content (AvgIpc) is 2.37. The van der Waals surface area contributed by atoms with Crippen LogP contribution in [-0.4, -0.2) is 18.8 Å². The molecule has 0 aromatic heterocycles. The third-order valence-electron chi connectivity index (χ3n) is 2.82. The van der Waals surface area contributed by atoms with Crippen LogP contribution in [0.5, 0.6) is 0 Å². The van der Waals surface area contributed by atoms with E-state index in [2.05, 4.69) is 0 Å². The van der Waals surface area contributed by atoms with Gasteiger partial charge < -0.3 is 0 Å². The van der Waals surface area contributed by atoms with E-state index in [0.717, 1.165) is 0 Å². The molecule has 2 aromatic rings. The van der Waals surface area contributed by atoms with Gasteiger partial charge in [0.1, 0.15) is 5.82 Å². The molecule has 20 heavy (non-hydrogen) atoms. The van der Waals surface area contributed by atoms with Gasteiger partial charge in [-0.15, -0.1) is 0 Å². The van der Waals surface area contributed by atoms with E-state index in [9.17, 15) is 17.6 Å². The molecule has 2 rings (SSSR count). The highest BCUT2D eigenvalue weighted by Gasteiger charge is 2.16. The Morgan fingerprint density at radius 1 is 1.05 bits per heavy atom. The molecule has 0 saturated heterocycles. The van der Waals surface area contributed by atoms with Crippen molar-refractivity contribution in [2.45, 2.75) is 11.8 Å². The molecular formula is C14H11FO4S. The van der Waals surface area contributed by atoms with Crippen molar-refractivity contribution in [3.63, 3.8) is 0 Å². The van der Waals surface area contributed by atoms with Crippen LogP contribution in [0, 0.1) is 12.7 Å². The second kappa shape index (κ2) is 5.15. The SMILES string of the molecule is Cc1cc(C(=O)c2ccc(F)cc2)ccc1S(=O)(=O)O. The van der Waals surface area contributed by atoms with Crippen LogP contribution in [0.1, 0.15) is 21.5 Å². The van der Waals surface area contributed by atoms with E-state index in [4.69, 9.17) is 4.55 Å². The maximum absolute atomic E-state index is 12.8. The van der Waals surface area contributed by atoms with Crippen LogP contribution in [-0.2, 0) is 10.1 Å². The fourth-order valence-corrected chi connectivity index (χ4v) is 2.55. The number of aryl methyl sites for hydroxylation is 1. The number of carbonyl (C=O) groups is 1. The molecule has 0 aliphatic carbocycles. The van der Waals surface area contributed by atoms with Gasteiger partial charge in [0.25, 0.3) is 10.1 Å². The van der Waals surface area contributed by atoms with Crippen LogP contribution in [0.3, 0.4) is 0 Å². The number of halogens is 1. The Labute approximate surface area is 115 Å². The summed E-state index contributed by atoms with van der Waals surface area (Å²) >= 11 is 0. The van der Waals surface area contributed by atoms with Crippen LogP contribution in [0.25, 0.3) is 0 Å². The smallest absolute Gasteiger partial charge is 0.289 e. The maximum atomic E-state index is 12.8. The first-order chi connectivity index (χ1) is 9.29. The summed E-state index contributed by atoms with van der Waals surface area (Å²) in [6.07, 6.45) is 0. The first-order valence-corrected chi connectivity index (χ1v) is 7.11. The van der Waals surface area contributed by atoms with Gasteiger partial charge >= 0.3 is 0 Å². The second-order valence-electron chi connectivity index (χ2n) is 4.29. The Morgan fingerprint density at radius 3 is 2.10 bits per heavy atom. The van der Waals surface area contributed by atoms with Gasteiger partial charge in [0, 0.05) is 11.1 Å². The molecule has 0 aliphatic heterocycles. The zero-order valence-electron chi connectivity index (χ0n) is 10.5. The first-order valence-electron chi connectivity index (χ1n) is 5.67. The highest BCUT2D eigenvalue weighted by atomic mass is 32.2. The number of carbonyl (C=O) groups excluding carboxylic acids is 1. The molecule has 0 unspecified atom stereocenters. The lowest BCUT2D eigenvalue weighted by Crippen LogP contribution is -2.05. The van der Waals surface area contributed by atoms with Crippen molar-refractivity contribution < 1.29 is 22.2 Å². The Kier molecular flexibility index (Phi) is 3.69. The summed E-state index contributed by atoms with van der Waals surface area (Å²) in [6, 6.07) is 8.89. The summed E-state index contributed by atoms with van der Waals surface area (Å²) in [5, 5.41) is 0. The fourth-order valence-electron chi connectivity index (χ4n) is 1.85. The molecule has 4 nitrogen and oxygen atoms in total. The average molecular weight is 294 g/mol. The van der Waals surface area contributed by atoms with Crippen molar-refractivity contribution in [1.29, 1.82) is 0 Å². The molecule has 0 atom stereocenters. The summed E-state index contributed by atoms with van der Waals surface area (Å²) in [7, 11) is -4.31. The molecule has 0 amide bonds. The van der Waals surface area contributed by atoms with Gasteiger partial charge in [-0.2, -0.15) is 8.42 Å². The van der Waals surface area contributed by atoms with Gasteiger partial charge in [0.2, 0.25) is 0 Å². The summed E-state index contributed by atoms with van der Waals surface area (Å²) in [5.41, 5.74) is 0.826. The monoisotopic (exact) mass is 294 g/mol. The number of hydrogen-bond acceptors (Lipinski definition) is 3. The molecule has 0 fully saturated rings. The Morgan fingerprint density at radius 2 is 1.60 bits per heavy atom. The number of hydrogen-bond donors (Lipinski definition) is 1. The lowest BCUT2D eigenvalue weighted by molar-refractivity contribution is 0.103. The molecule has 1 N–H and O–H groups in total. The number of ketones is 1. The van der Waals surface area contributed by atoms with Crippen LogP contribution >= 0.6 is 0 Å². The van der Waals surface area contributed by atoms with Crippen LogP contribution < -0.4 is 0 Å². The van der Waals surface area contributed by atoms with Crippen LogP contribution in [0.2, 0.25) is 0 Å². The van der Waals surface area contributed by atoms with Crippen molar-refractivity contribution >= 4 is 15.9 Å². The van der Waals surface area contributed by atoms with Crippen LogP contribution in [0.15, 0.2) is 47.4 Å². The molecule has 0 aliphatic rings. The highest BCUT2D eigenvalue weighted by molar-refractivity contribution is 7.85.